The summed E-state index contributed by atoms with van der Waals surface area (Å²) in [6, 6.07) is 1.68. The summed E-state index contributed by atoms with van der Waals surface area (Å²) in [7, 11) is 0. The first-order valence-electron chi connectivity index (χ1n) is 7.26. The van der Waals surface area contributed by atoms with Crippen molar-refractivity contribution in [1.29, 1.82) is 0 Å². The van der Waals surface area contributed by atoms with Crippen LogP contribution in [0.4, 0.5) is 5.82 Å². The van der Waals surface area contributed by atoms with E-state index in [0.29, 0.717) is 17.7 Å². The zero-order valence-corrected chi connectivity index (χ0v) is 13.2. The van der Waals surface area contributed by atoms with Crippen molar-refractivity contribution >= 4 is 11.7 Å². The Balaban J connectivity index is 2.57. The van der Waals surface area contributed by atoms with Gasteiger partial charge < -0.3 is 10.5 Å². The van der Waals surface area contributed by atoms with E-state index in [9.17, 15) is 4.79 Å². The fourth-order valence-electron chi connectivity index (χ4n) is 2.25. The van der Waals surface area contributed by atoms with Crippen LogP contribution in [0.1, 0.15) is 51.0 Å². The van der Waals surface area contributed by atoms with E-state index in [1.165, 1.54) is 4.68 Å². The minimum atomic E-state index is -0.215. The summed E-state index contributed by atoms with van der Waals surface area (Å²) in [5.41, 5.74) is 6.47. The molecule has 5 nitrogen and oxygen atoms in total. The van der Waals surface area contributed by atoms with Gasteiger partial charge in [-0.05, 0) is 31.6 Å². The molecule has 0 aromatic carbocycles. The van der Waals surface area contributed by atoms with E-state index in [2.05, 4.69) is 32.8 Å². The van der Waals surface area contributed by atoms with Gasteiger partial charge in [-0.3, -0.25) is 4.79 Å². The second-order valence-corrected chi connectivity index (χ2v) is 6.21. The first-order valence-corrected chi connectivity index (χ1v) is 7.26. The summed E-state index contributed by atoms with van der Waals surface area (Å²) in [4.78, 5) is 12.1. The van der Waals surface area contributed by atoms with Crippen molar-refractivity contribution in [2.24, 2.45) is 11.8 Å². The van der Waals surface area contributed by atoms with Gasteiger partial charge in [0.1, 0.15) is 12.4 Å². The number of ether oxygens (including phenoxy) is 1. The molecule has 0 radical (unpaired) electrons. The third kappa shape index (κ3) is 5.33. The monoisotopic (exact) mass is 281 g/mol. The van der Waals surface area contributed by atoms with Crippen molar-refractivity contribution in [3.8, 4) is 0 Å². The van der Waals surface area contributed by atoms with Crippen LogP contribution in [-0.4, -0.2) is 28.4 Å². The molecule has 0 bridgehead atoms. The molecule has 0 unspecified atom stereocenters. The molecule has 0 aliphatic carbocycles. The maximum Gasteiger partial charge on any atom is 0.274 e. The molecule has 20 heavy (non-hydrogen) atoms. The highest BCUT2D eigenvalue weighted by atomic mass is 16.5. The van der Waals surface area contributed by atoms with Gasteiger partial charge in [0.25, 0.3) is 5.91 Å². The van der Waals surface area contributed by atoms with E-state index in [0.717, 1.165) is 18.5 Å². The molecule has 1 heterocycles. The molecule has 1 aromatic heterocycles. The number of rotatable bonds is 7. The van der Waals surface area contributed by atoms with Gasteiger partial charge >= 0.3 is 0 Å². The highest BCUT2D eigenvalue weighted by Gasteiger charge is 2.17. The number of nitrogen functional groups attached to an aromatic ring is 1. The third-order valence-electron chi connectivity index (χ3n) is 3.01. The van der Waals surface area contributed by atoms with Crippen molar-refractivity contribution in [2.75, 3.05) is 12.3 Å². The van der Waals surface area contributed by atoms with Gasteiger partial charge in [0.2, 0.25) is 0 Å². The first kappa shape index (κ1) is 16.7. The SMILES string of the molecule is Cc1cc(N)n(C(=O)COC(CC(C)C)CC(C)C)n1. The van der Waals surface area contributed by atoms with Crippen LogP contribution in [0.3, 0.4) is 0 Å². The van der Waals surface area contributed by atoms with E-state index in [1.807, 2.05) is 0 Å². The lowest BCUT2D eigenvalue weighted by Crippen LogP contribution is -2.26. The van der Waals surface area contributed by atoms with Crippen LogP contribution in [0, 0.1) is 18.8 Å². The second-order valence-electron chi connectivity index (χ2n) is 6.21. The quantitative estimate of drug-likeness (QED) is 0.834. The zero-order valence-electron chi connectivity index (χ0n) is 13.2. The molecular formula is C15H27N3O2. The standard InChI is InChI=1S/C15H27N3O2/c1-10(2)6-13(7-11(3)4)20-9-15(19)18-14(16)8-12(5)17-18/h8,10-11,13H,6-7,9,16H2,1-5H3. The summed E-state index contributed by atoms with van der Waals surface area (Å²) >= 11 is 0. The van der Waals surface area contributed by atoms with Crippen LogP contribution in [0.25, 0.3) is 0 Å². The van der Waals surface area contributed by atoms with E-state index in [-0.39, 0.29) is 18.6 Å². The number of nitrogens with zero attached hydrogens (tertiary/aromatic N) is 2. The third-order valence-corrected chi connectivity index (χ3v) is 3.01. The average molecular weight is 281 g/mol. The molecule has 1 aromatic rings. The Bertz CT molecular complexity index is 428. The van der Waals surface area contributed by atoms with Crippen LogP contribution in [0.5, 0.6) is 0 Å². The number of hydrogen-bond acceptors (Lipinski definition) is 4. The second kappa shape index (κ2) is 7.43. The van der Waals surface area contributed by atoms with Crippen LogP contribution in [0.15, 0.2) is 6.07 Å². The lowest BCUT2D eigenvalue weighted by atomic mass is 9.98. The largest absolute Gasteiger partial charge is 0.383 e. The van der Waals surface area contributed by atoms with Gasteiger partial charge in [0.15, 0.2) is 0 Å². The van der Waals surface area contributed by atoms with Gasteiger partial charge in [0, 0.05) is 6.07 Å². The van der Waals surface area contributed by atoms with Crippen molar-refractivity contribution in [1.82, 2.24) is 9.78 Å². The molecule has 0 atom stereocenters. The number of nitrogens with two attached hydrogens (primary N) is 1. The predicted molar refractivity (Wildman–Crippen MR) is 80.7 cm³/mol. The van der Waals surface area contributed by atoms with Crippen molar-refractivity contribution in [3.05, 3.63) is 11.8 Å². The topological polar surface area (TPSA) is 70.1 Å². The van der Waals surface area contributed by atoms with E-state index >= 15 is 0 Å². The van der Waals surface area contributed by atoms with E-state index in [1.54, 1.807) is 13.0 Å². The lowest BCUT2D eigenvalue weighted by Gasteiger charge is -2.21. The molecule has 0 amide bonds. The molecule has 5 heteroatoms. The van der Waals surface area contributed by atoms with Gasteiger partial charge in [0.05, 0.1) is 11.8 Å². The van der Waals surface area contributed by atoms with Crippen molar-refractivity contribution in [3.63, 3.8) is 0 Å². The molecule has 0 spiro atoms. The number of aryl methyl sites for hydroxylation is 1. The van der Waals surface area contributed by atoms with Crippen LogP contribution >= 0.6 is 0 Å². The van der Waals surface area contributed by atoms with Gasteiger partial charge in [-0.1, -0.05) is 27.7 Å². The minimum Gasteiger partial charge on any atom is -0.383 e. The summed E-state index contributed by atoms with van der Waals surface area (Å²) < 4.78 is 7.00. The average Bonchev–Trinajstić information content (AvgIpc) is 2.63. The fourth-order valence-corrected chi connectivity index (χ4v) is 2.25. The van der Waals surface area contributed by atoms with Crippen LogP contribution in [0.2, 0.25) is 0 Å². The Morgan fingerprint density at radius 1 is 1.30 bits per heavy atom. The maximum atomic E-state index is 12.1. The van der Waals surface area contributed by atoms with E-state index < -0.39 is 0 Å². The summed E-state index contributed by atoms with van der Waals surface area (Å²) in [6.07, 6.45) is 2.02. The fraction of sp³-hybridized carbons (Fsp3) is 0.733. The lowest BCUT2D eigenvalue weighted by molar-refractivity contribution is 0.0208. The Morgan fingerprint density at radius 3 is 2.25 bits per heavy atom. The predicted octanol–water partition coefficient (Wildman–Crippen LogP) is 2.89. The molecule has 114 valence electrons. The molecule has 1 rings (SSSR count). The smallest absolute Gasteiger partial charge is 0.274 e. The summed E-state index contributed by atoms with van der Waals surface area (Å²) in [6.45, 7) is 10.5. The maximum absolute atomic E-state index is 12.1. The van der Waals surface area contributed by atoms with Crippen molar-refractivity contribution < 1.29 is 9.53 Å². The minimum absolute atomic E-state index is 0.0232. The molecule has 0 saturated heterocycles. The molecular weight excluding hydrogens is 254 g/mol. The Morgan fingerprint density at radius 2 is 1.85 bits per heavy atom. The molecule has 0 fully saturated rings. The Labute approximate surface area is 121 Å². The molecule has 0 aliphatic heterocycles. The molecule has 0 aliphatic rings. The molecule has 2 N–H and O–H groups in total. The number of carbonyl (C=O) groups excluding carboxylic acids is 1. The number of carbonyl (C=O) groups is 1. The normalized spacial score (nSPS) is 11.8. The van der Waals surface area contributed by atoms with Gasteiger partial charge in [-0.2, -0.15) is 9.78 Å². The van der Waals surface area contributed by atoms with Gasteiger partial charge in [-0.15, -0.1) is 0 Å². The summed E-state index contributed by atoms with van der Waals surface area (Å²) in [5, 5.41) is 4.07. The zero-order chi connectivity index (χ0) is 15.3. The number of anilines is 1. The van der Waals surface area contributed by atoms with Crippen molar-refractivity contribution in [2.45, 2.75) is 53.6 Å². The highest BCUT2D eigenvalue weighted by molar-refractivity contribution is 5.82. The number of aromatic nitrogens is 2. The Hall–Kier alpha value is -1.36. The van der Waals surface area contributed by atoms with Gasteiger partial charge in [-0.25, -0.2) is 0 Å². The number of hydrogen-bond donors (Lipinski definition) is 1. The van der Waals surface area contributed by atoms with Crippen LogP contribution < -0.4 is 5.73 Å². The van der Waals surface area contributed by atoms with E-state index in [4.69, 9.17) is 10.5 Å². The first-order chi connectivity index (χ1) is 9.29. The van der Waals surface area contributed by atoms with Crippen LogP contribution in [-0.2, 0) is 4.74 Å². The summed E-state index contributed by atoms with van der Waals surface area (Å²) in [5.74, 6) is 1.24. The Kier molecular flexibility index (Phi) is 6.20. The molecule has 0 saturated carbocycles. The highest BCUT2D eigenvalue weighted by Crippen LogP contribution is 2.17.